The number of nitrogens with one attached hydrogen (secondary N) is 1. The van der Waals surface area contributed by atoms with Crippen molar-refractivity contribution >= 4 is 10.9 Å². The molecular weight excluding hydrogens is 279 g/mol. The van der Waals surface area contributed by atoms with Crippen molar-refractivity contribution in [1.82, 2.24) is 4.98 Å². The lowest BCUT2D eigenvalue weighted by atomic mass is 10.0. The van der Waals surface area contributed by atoms with Crippen molar-refractivity contribution in [2.75, 3.05) is 7.11 Å². The molecule has 0 aliphatic carbocycles. The lowest BCUT2D eigenvalue weighted by Gasteiger charge is -2.10. The SMILES string of the molecule is COc1cccc(-c2[nH]c3ccccc3c2C(F)(F)F)c1. The van der Waals surface area contributed by atoms with Crippen molar-refractivity contribution in [3.05, 3.63) is 54.1 Å². The molecule has 0 aliphatic rings. The van der Waals surface area contributed by atoms with Crippen molar-refractivity contribution in [1.29, 1.82) is 0 Å². The fourth-order valence-electron chi connectivity index (χ4n) is 2.43. The van der Waals surface area contributed by atoms with Crippen molar-refractivity contribution in [2.24, 2.45) is 0 Å². The van der Waals surface area contributed by atoms with Crippen LogP contribution < -0.4 is 4.74 Å². The third kappa shape index (κ3) is 2.35. The minimum absolute atomic E-state index is 0.0580. The van der Waals surface area contributed by atoms with E-state index >= 15 is 0 Å². The molecule has 108 valence electrons. The quantitative estimate of drug-likeness (QED) is 0.716. The third-order valence-electron chi connectivity index (χ3n) is 3.35. The van der Waals surface area contributed by atoms with E-state index in [4.69, 9.17) is 4.74 Å². The number of hydrogen-bond donors (Lipinski definition) is 1. The molecule has 3 rings (SSSR count). The molecule has 21 heavy (non-hydrogen) atoms. The van der Waals surface area contributed by atoms with Crippen LogP contribution in [0.5, 0.6) is 5.75 Å². The van der Waals surface area contributed by atoms with Crippen LogP contribution in [-0.2, 0) is 6.18 Å². The highest BCUT2D eigenvalue weighted by Crippen LogP contribution is 2.42. The fraction of sp³-hybridized carbons (Fsp3) is 0.125. The molecule has 0 aliphatic heterocycles. The first-order chi connectivity index (χ1) is 10.0. The van der Waals surface area contributed by atoms with E-state index in [0.29, 0.717) is 16.8 Å². The van der Waals surface area contributed by atoms with E-state index in [-0.39, 0.29) is 11.1 Å². The number of hydrogen-bond acceptors (Lipinski definition) is 1. The maximum Gasteiger partial charge on any atom is 0.419 e. The highest BCUT2D eigenvalue weighted by molar-refractivity contribution is 5.91. The van der Waals surface area contributed by atoms with Gasteiger partial charge in [-0.2, -0.15) is 13.2 Å². The van der Waals surface area contributed by atoms with Crippen molar-refractivity contribution in [2.45, 2.75) is 6.18 Å². The maximum absolute atomic E-state index is 13.4. The fourth-order valence-corrected chi connectivity index (χ4v) is 2.43. The molecule has 0 bridgehead atoms. The molecule has 0 radical (unpaired) electrons. The molecule has 0 spiro atoms. The Labute approximate surface area is 119 Å². The zero-order valence-electron chi connectivity index (χ0n) is 11.2. The van der Waals surface area contributed by atoms with Gasteiger partial charge in [0, 0.05) is 16.5 Å². The van der Waals surface area contributed by atoms with Crippen LogP contribution in [0.4, 0.5) is 13.2 Å². The molecule has 1 N–H and O–H groups in total. The van der Waals surface area contributed by atoms with Gasteiger partial charge < -0.3 is 9.72 Å². The van der Waals surface area contributed by atoms with Crippen LogP contribution >= 0.6 is 0 Å². The lowest BCUT2D eigenvalue weighted by Crippen LogP contribution is -2.06. The molecule has 1 heterocycles. The molecule has 2 nitrogen and oxygen atoms in total. The smallest absolute Gasteiger partial charge is 0.419 e. The van der Waals surface area contributed by atoms with Crippen LogP contribution in [0.25, 0.3) is 22.2 Å². The predicted molar refractivity (Wildman–Crippen MR) is 75.3 cm³/mol. The summed E-state index contributed by atoms with van der Waals surface area (Å²) in [7, 11) is 1.48. The molecule has 0 unspecified atom stereocenters. The summed E-state index contributed by atoms with van der Waals surface area (Å²) in [5.74, 6) is 0.513. The Balaban J connectivity index is 2.31. The maximum atomic E-state index is 13.4. The molecule has 0 saturated heterocycles. The van der Waals surface area contributed by atoms with E-state index < -0.39 is 11.7 Å². The number of aromatic amines is 1. The second-order valence-electron chi connectivity index (χ2n) is 4.65. The van der Waals surface area contributed by atoms with Crippen LogP contribution in [0, 0.1) is 0 Å². The first kappa shape index (κ1) is 13.5. The second kappa shape index (κ2) is 4.84. The molecule has 5 heteroatoms. The zero-order chi connectivity index (χ0) is 15.0. The second-order valence-corrected chi connectivity index (χ2v) is 4.65. The van der Waals surface area contributed by atoms with Crippen molar-refractivity contribution in [3.8, 4) is 17.0 Å². The Morgan fingerprint density at radius 3 is 2.48 bits per heavy atom. The van der Waals surface area contributed by atoms with Crippen LogP contribution in [0.1, 0.15) is 5.56 Å². The number of H-pyrrole nitrogens is 1. The summed E-state index contributed by atoms with van der Waals surface area (Å²) in [4.78, 5) is 2.86. The summed E-state index contributed by atoms with van der Waals surface area (Å²) in [6.45, 7) is 0. The van der Waals surface area contributed by atoms with E-state index in [2.05, 4.69) is 4.98 Å². The van der Waals surface area contributed by atoms with Crippen LogP contribution in [0.15, 0.2) is 48.5 Å². The Morgan fingerprint density at radius 2 is 1.76 bits per heavy atom. The third-order valence-corrected chi connectivity index (χ3v) is 3.35. The van der Waals surface area contributed by atoms with Gasteiger partial charge in [-0.15, -0.1) is 0 Å². The van der Waals surface area contributed by atoms with E-state index in [9.17, 15) is 13.2 Å². The summed E-state index contributed by atoms with van der Waals surface area (Å²) in [5, 5.41) is 0.169. The molecule has 0 atom stereocenters. The molecule has 3 aromatic rings. The number of fused-ring (bicyclic) bond motifs is 1. The first-order valence-electron chi connectivity index (χ1n) is 6.33. The molecular formula is C16H12F3NO. The molecule has 1 aromatic heterocycles. The predicted octanol–water partition coefficient (Wildman–Crippen LogP) is 4.86. The van der Waals surface area contributed by atoms with Gasteiger partial charge in [-0.1, -0.05) is 30.3 Å². The van der Waals surface area contributed by atoms with E-state index in [1.54, 1.807) is 42.5 Å². The molecule has 0 saturated carbocycles. The molecule has 2 aromatic carbocycles. The number of alkyl halides is 3. The van der Waals surface area contributed by atoms with Crippen LogP contribution in [0.2, 0.25) is 0 Å². The number of aromatic nitrogens is 1. The Bertz CT molecular complexity index is 790. The Kier molecular flexibility index (Phi) is 3.12. The average Bonchev–Trinajstić information content (AvgIpc) is 2.86. The van der Waals surface area contributed by atoms with E-state index in [0.717, 1.165) is 0 Å². The van der Waals surface area contributed by atoms with Gasteiger partial charge in [0.1, 0.15) is 5.75 Å². The summed E-state index contributed by atoms with van der Waals surface area (Å²) in [6.07, 6.45) is -4.43. The van der Waals surface area contributed by atoms with Gasteiger partial charge in [-0.25, -0.2) is 0 Å². The standard InChI is InChI=1S/C16H12F3NO/c1-21-11-6-4-5-10(9-11)15-14(16(17,18)19)12-7-2-3-8-13(12)20-15/h2-9,20H,1H3. The van der Waals surface area contributed by atoms with Crippen LogP contribution in [-0.4, -0.2) is 12.1 Å². The number of rotatable bonds is 2. The Hall–Kier alpha value is -2.43. The topological polar surface area (TPSA) is 25.0 Å². The minimum atomic E-state index is -4.43. The van der Waals surface area contributed by atoms with Gasteiger partial charge in [0.15, 0.2) is 0 Å². The first-order valence-corrected chi connectivity index (χ1v) is 6.33. The number of halogens is 3. The highest BCUT2D eigenvalue weighted by Gasteiger charge is 2.37. The zero-order valence-corrected chi connectivity index (χ0v) is 11.2. The summed E-state index contributed by atoms with van der Waals surface area (Å²) >= 11 is 0. The van der Waals surface area contributed by atoms with E-state index in [1.807, 2.05) is 0 Å². The van der Waals surface area contributed by atoms with Crippen LogP contribution in [0.3, 0.4) is 0 Å². The van der Waals surface area contributed by atoms with Gasteiger partial charge in [0.05, 0.1) is 18.4 Å². The van der Waals surface area contributed by atoms with Crippen molar-refractivity contribution in [3.63, 3.8) is 0 Å². The largest absolute Gasteiger partial charge is 0.497 e. The number of ether oxygens (including phenoxy) is 1. The van der Waals surface area contributed by atoms with E-state index in [1.165, 1.54) is 13.2 Å². The lowest BCUT2D eigenvalue weighted by molar-refractivity contribution is -0.135. The van der Waals surface area contributed by atoms with Gasteiger partial charge in [-0.3, -0.25) is 0 Å². The number of benzene rings is 2. The van der Waals surface area contributed by atoms with Gasteiger partial charge in [0.2, 0.25) is 0 Å². The van der Waals surface area contributed by atoms with Crippen molar-refractivity contribution < 1.29 is 17.9 Å². The summed E-state index contributed by atoms with van der Waals surface area (Å²) in [5.41, 5.74) is 0.314. The number of methoxy groups -OCH3 is 1. The minimum Gasteiger partial charge on any atom is -0.497 e. The summed E-state index contributed by atoms with van der Waals surface area (Å²) < 4.78 is 45.4. The average molecular weight is 291 g/mol. The number of para-hydroxylation sites is 1. The molecule has 0 amide bonds. The molecule has 0 fully saturated rings. The van der Waals surface area contributed by atoms with Gasteiger partial charge in [0.25, 0.3) is 0 Å². The van der Waals surface area contributed by atoms with Gasteiger partial charge >= 0.3 is 6.18 Å². The highest BCUT2D eigenvalue weighted by atomic mass is 19.4. The monoisotopic (exact) mass is 291 g/mol. The van der Waals surface area contributed by atoms with Gasteiger partial charge in [-0.05, 0) is 18.2 Å². The Morgan fingerprint density at radius 1 is 1.00 bits per heavy atom. The normalized spacial score (nSPS) is 11.8. The summed E-state index contributed by atoms with van der Waals surface area (Å²) in [6, 6.07) is 13.0.